The Labute approximate surface area is 135 Å². The van der Waals surface area contributed by atoms with Crippen LogP contribution in [0.15, 0.2) is 18.2 Å². The Balaban J connectivity index is 1.95. The molecule has 1 aromatic carbocycles. The molecule has 21 heavy (non-hydrogen) atoms. The van der Waals surface area contributed by atoms with Crippen molar-refractivity contribution in [2.45, 2.75) is 31.7 Å². The van der Waals surface area contributed by atoms with Crippen LogP contribution >= 0.6 is 23.2 Å². The van der Waals surface area contributed by atoms with Gasteiger partial charge in [-0.25, -0.2) is 0 Å². The standard InChI is InChI=1S/C15H21Cl2N3O/c16-12-5-3-6-13(15(12)17)19-14(21)10-20-9-2-1-4-11(20)7-8-18/h3,5-6,11H,1-2,4,7-10,18H2,(H,19,21). The van der Waals surface area contributed by atoms with E-state index in [0.717, 1.165) is 25.8 Å². The third-order valence-electron chi connectivity index (χ3n) is 3.82. The molecule has 0 saturated carbocycles. The first kappa shape index (κ1) is 16.6. The molecule has 0 radical (unpaired) electrons. The summed E-state index contributed by atoms with van der Waals surface area (Å²) in [6.45, 7) is 1.97. The monoisotopic (exact) mass is 329 g/mol. The molecule has 1 saturated heterocycles. The molecule has 1 fully saturated rings. The predicted molar refractivity (Wildman–Crippen MR) is 88.0 cm³/mol. The fourth-order valence-electron chi connectivity index (χ4n) is 2.76. The molecule has 0 spiro atoms. The minimum atomic E-state index is -0.0666. The summed E-state index contributed by atoms with van der Waals surface area (Å²) in [4.78, 5) is 14.4. The van der Waals surface area contributed by atoms with E-state index in [9.17, 15) is 4.79 Å². The summed E-state index contributed by atoms with van der Waals surface area (Å²) < 4.78 is 0. The van der Waals surface area contributed by atoms with Crippen molar-refractivity contribution in [1.82, 2.24) is 4.90 Å². The first-order chi connectivity index (χ1) is 10.1. The fourth-order valence-corrected chi connectivity index (χ4v) is 3.11. The number of piperidine rings is 1. The molecule has 1 aliphatic rings. The maximum atomic E-state index is 12.2. The van der Waals surface area contributed by atoms with Gasteiger partial charge in [0, 0.05) is 6.04 Å². The number of nitrogens with zero attached hydrogens (tertiary/aromatic N) is 1. The molecule has 1 amide bonds. The van der Waals surface area contributed by atoms with E-state index in [0.29, 0.717) is 34.9 Å². The molecule has 3 N–H and O–H groups in total. The summed E-state index contributed by atoms with van der Waals surface area (Å²) in [5.41, 5.74) is 6.21. The number of likely N-dealkylation sites (tertiary alicyclic amines) is 1. The number of benzene rings is 1. The first-order valence-corrected chi connectivity index (χ1v) is 8.05. The summed E-state index contributed by atoms with van der Waals surface area (Å²) in [6, 6.07) is 5.62. The second-order valence-electron chi connectivity index (χ2n) is 5.35. The van der Waals surface area contributed by atoms with Crippen molar-refractivity contribution in [3.05, 3.63) is 28.2 Å². The molecule has 0 aromatic heterocycles. The van der Waals surface area contributed by atoms with Gasteiger partial charge in [-0.05, 0) is 44.5 Å². The molecule has 116 valence electrons. The van der Waals surface area contributed by atoms with E-state index in [1.807, 2.05) is 0 Å². The van der Waals surface area contributed by atoms with Gasteiger partial charge >= 0.3 is 0 Å². The zero-order valence-corrected chi connectivity index (χ0v) is 13.5. The Morgan fingerprint density at radius 3 is 2.95 bits per heavy atom. The third-order valence-corrected chi connectivity index (χ3v) is 4.64. The fraction of sp³-hybridized carbons (Fsp3) is 0.533. The van der Waals surface area contributed by atoms with Crippen molar-refractivity contribution in [2.24, 2.45) is 5.73 Å². The highest BCUT2D eigenvalue weighted by atomic mass is 35.5. The van der Waals surface area contributed by atoms with Gasteiger partial charge < -0.3 is 11.1 Å². The van der Waals surface area contributed by atoms with Crippen LogP contribution in [-0.2, 0) is 4.79 Å². The van der Waals surface area contributed by atoms with E-state index >= 15 is 0 Å². The smallest absolute Gasteiger partial charge is 0.238 e. The molecule has 1 aliphatic heterocycles. The normalized spacial score (nSPS) is 19.5. The second kappa shape index (κ2) is 7.99. The van der Waals surface area contributed by atoms with E-state index in [2.05, 4.69) is 10.2 Å². The SMILES string of the molecule is NCCC1CCCCN1CC(=O)Nc1cccc(Cl)c1Cl. The van der Waals surface area contributed by atoms with Gasteiger partial charge in [-0.1, -0.05) is 35.7 Å². The number of carbonyl (C=O) groups excluding carboxylic acids is 1. The van der Waals surface area contributed by atoms with Gasteiger partial charge in [0.1, 0.15) is 0 Å². The van der Waals surface area contributed by atoms with Crippen LogP contribution in [-0.4, -0.2) is 36.5 Å². The molecule has 2 rings (SSSR count). The number of nitrogens with two attached hydrogens (primary N) is 1. The molecule has 1 unspecified atom stereocenters. The summed E-state index contributed by atoms with van der Waals surface area (Å²) in [5.74, 6) is -0.0666. The van der Waals surface area contributed by atoms with Crippen LogP contribution in [0.2, 0.25) is 10.0 Å². The molecule has 1 aromatic rings. The maximum Gasteiger partial charge on any atom is 0.238 e. The highest BCUT2D eigenvalue weighted by Gasteiger charge is 2.23. The summed E-state index contributed by atoms with van der Waals surface area (Å²) in [5, 5.41) is 3.65. The van der Waals surface area contributed by atoms with Crippen LogP contribution in [0.4, 0.5) is 5.69 Å². The minimum Gasteiger partial charge on any atom is -0.330 e. The number of carbonyl (C=O) groups is 1. The van der Waals surface area contributed by atoms with Crippen molar-refractivity contribution in [3.8, 4) is 0 Å². The van der Waals surface area contributed by atoms with Gasteiger partial charge in [-0.15, -0.1) is 0 Å². The lowest BCUT2D eigenvalue weighted by molar-refractivity contribution is -0.118. The van der Waals surface area contributed by atoms with Gasteiger partial charge in [0.15, 0.2) is 0 Å². The van der Waals surface area contributed by atoms with E-state index < -0.39 is 0 Å². The molecule has 1 atom stereocenters. The van der Waals surface area contributed by atoms with E-state index in [-0.39, 0.29) is 5.91 Å². The molecule has 1 heterocycles. The van der Waals surface area contributed by atoms with Gasteiger partial charge in [-0.3, -0.25) is 9.69 Å². The highest BCUT2D eigenvalue weighted by molar-refractivity contribution is 6.43. The Morgan fingerprint density at radius 2 is 2.19 bits per heavy atom. The zero-order chi connectivity index (χ0) is 15.2. The average molecular weight is 330 g/mol. The van der Waals surface area contributed by atoms with Crippen molar-refractivity contribution in [1.29, 1.82) is 0 Å². The lowest BCUT2D eigenvalue weighted by Crippen LogP contribution is -2.44. The number of hydrogen-bond donors (Lipinski definition) is 2. The lowest BCUT2D eigenvalue weighted by Gasteiger charge is -2.35. The molecule has 0 bridgehead atoms. The van der Waals surface area contributed by atoms with Crippen LogP contribution in [0.3, 0.4) is 0 Å². The Kier molecular flexibility index (Phi) is 6.30. The van der Waals surface area contributed by atoms with E-state index in [1.165, 1.54) is 6.42 Å². The Morgan fingerprint density at radius 1 is 1.38 bits per heavy atom. The number of rotatable bonds is 5. The number of hydrogen-bond acceptors (Lipinski definition) is 3. The minimum absolute atomic E-state index is 0.0666. The number of anilines is 1. The predicted octanol–water partition coefficient (Wildman–Crippen LogP) is 3.14. The lowest BCUT2D eigenvalue weighted by atomic mass is 9.99. The van der Waals surface area contributed by atoms with Gasteiger partial charge in [0.2, 0.25) is 5.91 Å². The van der Waals surface area contributed by atoms with Crippen LogP contribution in [0.5, 0.6) is 0 Å². The maximum absolute atomic E-state index is 12.2. The molecule has 6 heteroatoms. The Hall–Kier alpha value is -0.810. The topological polar surface area (TPSA) is 58.4 Å². The summed E-state index contributed by atoms with van der Waals surface area (Å²) in [7, 11) is 0. The van der Waals surface area contributed by atoms with Crippen molar-refractivity contribution in [3.63, 3.8) is 0 Å². The summed E-state index contributed by atoms with van der Waals surface area (Å²) in [6.07, 6.45) is 4.39. The van der Waals surface area contributed by atoms with Gasteiger partial charge in [0.25, 0.3) is 0 Å². The van der Waals surface area contributed by atoms with Crippen molar-refractivity contribution >= 4 is 34.8 Å². The van der Waals surface area contributed by atoms with Crippen molar-refractivity contribution in [2.75, 3.05) is 25.0 Å². The number of nitrogens with one attached hydrogen (secondary N) is 1. The van der Waals surface area contributed by atoms with Crippen molar-refractivity contribution < 1.29 is 4.79 Å². The molecule has 0 aliphatic carbocycles. The molecular formula is C15H21Cl2N3O. The van der Waals surface area contributed by atoms with Crippen LogP contribution in [0, 0.1) is 0 Å². The Bertz CT molecular complexity index is 494. The summed E-state index contributed by atoms with van der Waals surface area (Å²) >= 11 is 12.0. The van der Waals surface area contributed by atoms with Gasteiger partial charge in [0.05, 0.1) is 22.3 Å². The quantitative estimate of drug-likeness (QED) is 0.872. The average Bonchev–Trinajstić information content (AvgIpc) is 2.46. The number of amides is 1. The molecular weight excluding hydrogens is 309 g/mol. The highest BCUT2D eigenvalue weighted by Crippen LogP contribution is 2.29. The third kappa shape index (κ3) is 4.58. The van der Waals surface area contributed by atoms with E-state index in [4.69, 9.17) is 28.9 Å². The van der Waals surface area contributed by atoms with E-state index in [1.54, 1.807) is 18.2 Å². The largest absolute Gasteiger partial charge is 0.330 e. The van der Waals surface area contributed by atoms with Crippen LogP contribution in [0.25, 0.3) is 0 Å². The second-order valence-corrected chi connectivity index (χ2v) is 6.13. The van der Waals surface area contributed by atoms with Crippen LogP contribution < -0.4 is 11.1 Å². The first-order valence-electron chi connectivity index (χ1n) is 7.30. The zero-order valence-electron chi connectivity index (χ0n) is 11.9. The number of halogens is 2. The van der Waals surface area contributed by atoms with Gasteiger partial charge in [-0.2, -0.15) is 0 Å². The molecule has 4 nitrogen and oxygen atoms in total. The van der Waals surface area contributed by atoms with Crippen LogP contribution in [0.1, 0.15) is 25.7 Å².